The Hall–Kier alpha value is -1.26. The molecule has 118 valence electrons. The number of benzene rings is 1. The number of hydrogen-bond donors (Lipinski definition) is 2. The van der Waals surface area contributed by atoms with Crippen LogP contribution >= 0.6 is 12.4 Å². The quantitative estimate of drug-likeness (QED) is 0.877. The molecule has 1 aromatic carbocycles. The standard InChI is InChI=1S/C16H24N2O2.ClH/c1-3-12(2)20-15-6-4-14(5-7-15)18-16(19)13-8-10-17-11-9-13;/h4-7,12-13,17H,3,8-11H2,1-2H3,(H,18,19);1H. The van der Waals surface area contributed by atoms with Gasteiger partial charge in [0.25, 0.3) is 0 Å². The van der Waals surface area contributed by atoms with Gasteiger partial charge in [-0.3, -0.25) is 4.79 Å². The minimum absolute atomic E-state index is 0. The lowest BCUT2D eigenvalue weighted by Gasteiger charge is -2.21. The van der Waals surface area contributed by atoms with E-state index in [1.54, 1.807) is 0 Å². The van der Waals surface area contributed by atoms with Crippen LogP contribution in [0.1, 0.15) is 33.1 Å². The van der Waals surface area contributed by atoms with Crippen LogP contribution in [0.2, 0.25) is 0 Å². The topological polar surface area (TPSA) is 50.4 Å². The average Bonchev–Trinajstić information content (AvgIpc) is 2.50. The van der Waals surface area contributed by atoms with Gasteiger partial charge in [-0.25, -0.2) is 0 Å². The molecule has 0 aromatic heterocycles. The zero-order chi connectivity index (χ0) is 14.4. The van der Waals surface area contributed by atoms with E-state index in [2.05, 4.69) is 17.6 Å². The highest BCUT2D eigenvalue weighted by Crippen LogP contribution is 2.19. The van der Waals surface area contributed by atoms with Crippen molar-refractivity contribution in [3.8, 4) is 5.75 Å². The average molecular weight is 313 g/mol. The highest BCUT2D eigenvalue weighted by atomic mass is 35.5. The number of ether oxygens (including phenoxy) is 1. The summed E-state index contributed by atoms with van der Waals surface area (Å²) in [4.78, 5) is 12.1. The van der Waals surface area contributed by atoms with Gasteiger partial charge in [-0.1, -0.05) is 6.92 Å². The molecule has 1 saturated heterocycles. The lowest BCUT2D eigenvalue weighted by atomic mass is 9.97. The zero-order valence-corrected chi connectivity index (χ0v) is 13.5. The van der Waals surface area contributed by atoms with Gasteiger partial charge in [0.1, 0.15) is 5.75 Å². The van der Waals surface area contributed by atoms with Crippen molar-refractivity contribution >= 4 is 24.0 Å². The van der Waals surface area contributed by atoms with Crippen LogP contribution in [0.3, 0.4) is 0 Å². The highest BCUT2D eigenvalue weighted by molar-refractivity contribution is 5.92. The highest BCUT2D eigenvalue weighted by Gasteiger charge is 2.20. The fourth-order valence-corrected chi connectivity index (χ4v) is 2.26. The van der Waals surface area contributed by atoms with E-state index in [0.29, 0.717) is 0 Å². The first-order valence-electron chi connectivity index (χ1n) is 7.47. The summed E-state index contributed by atoms with van der Waals surface area (Å²) in [6.45, 7) is 6.00. The van der Waals surface area contributed by atoms with Crippen molar-refractivity contribution in [2.75, 3.05) is 18.4 Å². The van der Waals surface area contributed by atoms with E-state index in [1.165, 1.54) is 0 Å². The first-order valence-corrected chi connectivity index (χ1v) is 7.47. The number of anilines is 1. The number of nitrogens with one attached hydrogen (secondary N) is 2. The minimum atomic E-state index is 0. The SMILES string of the molecule is CCC(C)Oc1ccc(NC(=O)C2CCNCC2)cc1.Cl. The van der Waals surface area contributed by atoms with E-state index < -0.39 is 0 Å². The van der Waals surface area contributed by atoms with E-state index >= 15 is 0 Å². The van der Waals surface area contributed by atoms with Crippen molar-refractivity contribution in [3.63, 3.8) is 0 Å². The summed E-state index contributed by atoms with van der Waals surface area (Å²) < 4.78 is 5.72. The van der Waals surface area contributed by atoms with Crippen LogP contribution in [0.25, 0.3) is 0 Å². The fourth-order valence-electron chi connectivity index (χ4n) is 2.26. The van der Waals surface area contributed by atoms with Crippen molar-refractivity contribution < 1.29 is 9.53 Å². The maximum Gasteiger partial charge on any atom is 0.227 e. The Bertz CT molecular complexity index is 430. The summed E-state index contributed by atoms with van der Waals surface area (Å²) >= 11 is 0. The van der Waals surface area contributed by atoms with Gasteiger partial charge in [-0.2, -0.15) is 0 Å². The number of amides is 1. The van der Waals surface area contributed by atoms with Crippen LogP contribution < -0.4 is 15.4 Å². The fraction of sp³-hybridized carbons (Fsp3) is 0.562. The second-order valence-electron chi connectivity index (χ2n) is 5.37. The van der Waals surface area contributed by atoms with E-state index in [-0.39, 0.29) is 30.3 Å². The van der Waals surface area contributed by atoms with Crippen LogP contribution in [0.4, 0.5) is 5.69 Å². The Morgan fingerprint density at radius 2 is 1.95 bits per heavy atom. The van der Waals surface area contributed by atoms with Gasteiger partial charge < -0.3 is 15.4 Å². The number of hydrogen-bond acceptors (Lipinski definition) is 3. The van der Waals surface area contributed by atoms with Crippen molar-refractivity contribution in [2.24, 2.45) is 5.92 Å². The van der Waals surface area contributed by atoms with Crippen LogP contribution in [0, 0.1) is 5.92 Å². The smallest absolute Gasteiger partial charge is 0.227 e. The number of rotatable bonds is 5. The summed E-state index contributed by atoms with van der Waals surface area (Å²) in [5.41, 5.74) is 0.838. The Morgan fingerprint density at radius 1 is 1.33 bits per heavy atom. The van der Waals surface area contributed by atoms with Gasteiger partial charge in [-0.15, -0.1) is 12.4 Å². The number of carbonyl (C=O) groups is 1. The normalized spacial score (nSPS) is 16.7. The first kappa shape index (κ1) is 17.8. The van der Waals surface area contributed by atoms with Gasteiger partial charge in [0.2, 0.25) is 5.91 Å². The van der Waals surface area contributed by atoms with E-state index in [4.69, 9.17) is 4.74 Å². The molecule has 1 atom stereocenters. The van der Waals surface area contributed by atoms with Crippen LogP contribution in [0.5, 0.6) is 5.75 Å². The van der Waals surface area contributed by atoms with Crippen molar-refractivity contribution in [3.05, 3.63) is 24.3 Å². The molecule has 1 unspecified atom stereocenters. The predicted molar refractivity (Wildman–Crippen MR) is 88.3 cm³/mol. The largest absolute Gasteiger partial charge is 0.491 e. The third-order valence-corrected chi connectivity index (χ3v) is 3.74. The molecular formula is C16H25ClN2O2. The lowest BCUT2D eigenvalue weighted by Crippen LogP contribution is -2.34. The Balaban J connectivity index is 0.00000220. The molecule has 4 nitrogen and oxygen atoms in total. The maximum atomic E-state index is 12.1. The molecule has 5 heteroatoms. The molecule has 0 aliphatic carbocycles. The van der Waals surface area contributed by atoms with E-state index in [9.17, 15) is 4.79 Å². The second kappa shape index (κ2) is 8.90. The zero-order valence-electron chi connectivity index (χ0n) is 12.7. The van der Waals surface area contributed by atoms with Crippen LogP contribution in [-0.2, 0) is 4.79 Å². The molecule has 21 heavy (non-hydrogen) atoms. The summed E-state index contributed by atoms with van der Waals surface area (Å²) in [6.07, 6.45) is 3.03. The molecule has 1 aliphatic heterocycles. The lowest BCUT2D eigenvalue weighted by molar-refractivity contribution is -0.120. The van der Waals surface area contributed by atoms with Crippen molar-refractivity contribution in [2.45, 2.75) is 39.2 Å². The monoisotopic (exact) mass is 312 g/mol. The molecule has 0 bridgehead atoms. The van der Waals surface area contributed by atoms with Gasteiger partial charge in [-0.05, 0) is 63.5 Å². The maximum absolute atomic E-state index is 12.1. The summed E-state index contributed by atoms with van der Waals surface area (Å²) in [6, 6.07) is 7.61. The number of carbonyl (C=O) groups excluding carboxylic acids is 1. The van der Waals surface area contributed by atoms with Gasteiger partial charge in [0.15, 0.2) is 0 Å². The molecule has 1 heterocycles. The van der Waals surface area contributed by atoms with Crippen molar-refractivity contribution in [1.29, 1.82) is 0 Å². The molecule has 1 aliphatic rings. The first-order chi connectivity index (χ1) is 9.69. The number of piperidine rings is 1. The Labute approximate surface area is 133 Å². The van der Waals surface area contributed by atoms with Gasteiger partial charge in [0, 0.05) is 11.6 Å². The van der Waals surface area contributed by atoms with Crippen LogP contribution in [-0.4, -0.2) is 25.1 Å². The molecular weight excluding hydrogens is 288 g/mol. The minimum Gasteiger partial charge on any atom is -0.491 e. The van der Waals surface area contributed by atoms with Gasteiger partial charge in [0.05, 0.1) is 6.10 Å². The third kappa shape index (κ3) is 5.56. The van der Waals surface area contributed by atoms with E-state index in [1.807, 2.05) is 31.2 Å². The second-order valence-corrected chi connectivity index (χ2v) is 5.37. The Kier molecular flexibility index (Phi) is 7.54. The third-order valence-electron chi connectivity index (χ3n) is 3.74. The molecule has 1 fully saturated rings. The molecule has 1 aromatic rings. The summed E-state index contributed by atoms with van der Waals surface area (Å²) in [7, 11) is 0. The molecule has 0 radical (unpaired) electrons. The predicted octanol–water partition coefficient (Wildman–Crippen LogP) is 3.22. The molecule has 1 amide bonds. The molecule has 0 spiro atoms. The Morgan fingerprint density at radius 3 is 2.52 bits per heavy atom. The summed E-state index contributed by atoms with van der Waals surface area (Å²) in [5.74, 6) is 1.11. The molecule has 2 N–H and O–H groups in total. The molecule has 2 rings (SSSR count). The van der Waals surface area contributed by atoms with E-state index in [0.717, 1.165) is 43.8 Å². The van der Waals surface area contributed by atoms with Crippen LogP contribution in [0.15, 0.2) is 24.3 Å². The molecule has 0 saturated carbocycles. The van der Waals surface area contributed by atoms with Gasteiger partial charge >= 0.3 is 0 Å². The summed E-state index contributed by atoms with van der Waals surface area (Å²) in [5, 5.41) is 6.25. The van der Waals surface area contributed by atoms with Crippen molar-refractivity contribution in [1.82, 2.24) is 5.32 Å². The number of halogens is 1.